The number of anilines is 2. The highest BCUT2D eigenvalue weighted by Gasteiger charge is 2.20. The van der Waals surface area contributed by atoms with E-state index in [1.165, 1.54) is 23.1 Å². The number of rotatable bonds is 6. The molecule has 1 aromatic heterocycles. The summed E-state index contributed by atoms with van der Waals surface area (Å²) in [7, 11) is 0. The number of hydrogen-bond donors (Lipinski definition) is 2. The zero-order chi connectivity index (χ0) is 23.1. The lowest BCUT2D eigenvalue weighted by Gasteiger charge is -2.28. The van der Waals surface area contributed by atoms with Crippen molar-refractivity contribution in [3.05, 3.63) is 41.0 Å². The number of hydrazone groups is 1. The Morgan fingerprint density at radius 3 is 2.56 bits per heavy atom. The number of piperidine rings is 1. The van der Waals surface area contributed by atoms with Crippen LogP contribution in [0.1, 0.15) is 70.1 Å². The molecule has 2 heterocycles. The number of nitrogens with one attached hydrogen (secondary N) is 1. The van der Waals surface area contributed by atoms with E-state index in [2.05, 4.69) is 50.5 Å². The Morgan fingerprint density at radius 1 is 1.09 bits per heavy atom. The van der Waals surface area contributed by atoms with E-state index in [0.29, 0.717) is 5.82 Å². The van der Waals surface area contributed by atoms with E-state index in [0.717, 1.165) is 50.3 Å². The molecule has 0 spiro atoms. The molecule has 2 N–H and O–H groups in total. The molecule has 1 saturated heterocycles. The summed E-state index contributed by atoms with van der Waals surface area (Å²) in [6, 6.07) is 8.72. The Labute approximate surface area is 191 Å². The molecule has 0 radical (unpaired) electrons. The molecule has 0 amide bonds. The van der Waals surface area contributed by atoms with Gasteiger partial charge in [-0.25, -0.2) is 0 Å². The van der Waals surface area contributed by atoms with Crippen LogP contribution in [0.4, 0.5) is 11.6 Å². The molecule has 0 bridgehead atoms. The summed E-state index contributed by atoms with van der Waals surface area (Å²) in [6.07, 6.45) is 5.49. The van der Waals surface area contributed by atoms with E-state index in [1.54, 1.807) is 13.8 Å². The zero-order valence-electron chi connectivity index (χ0n) is 20.1. The molecule has 0 atom stereocenters. The van der Waals surface area contributed by atoms with Crippen LogP contribution >= 0.6 is 0 Å². The van der Waals surface area contributed by atoms with E-state index in [-0.39, 0.29) is 12.6 Å². The number of ether oxygens (including phenoxy) is 1. The van der Waals surface area contributed by atoms with Crippen LogP contribution in [0.5, 0.6) is 6.01 Å². The normalized spacial score (nSPS) is 16.9. The number of aromatic nitrogens is 2. The Bertz CT molecular complexity index is 930. The fourth-order valence-electron chi connectivity index (χ4n) is 3.87. The highest BCUT2D eigenvalue weighted by Crippen LogP contribution is 2.26. The number of nitrogens with zero attached hydrogens (tertiary/aromatic N) is 4. The predicted octanol–water partition coefficient (Wildman–Crippen LogP) is 4.71. The largest absolute Gasteiger partial charge is 0.460 e. The Balaban J connectivity index is 0.00000141. The van der Waals surface area contributed by atoms with Gasteiger partial charge in [0.05, 0.1) is 11.3 Å². The standard InChI is InChI=1S/C23H31N5O2.C2H6/c1-16-7-8-17-9-10-19(18(17)13-16)26-27-20-14-21(28-11-5-4-6-12-28)25-22(24-20)30-15-23(2,3)29;1-2/h7-8,13-14,29H,4-6,9-12,15H2,1-3H3,(H,24,25,27);1-2H3/b26-19+;. The van der Waals surface area contributed by atoms with Crippen molar-refractivity contribution in [2.24, 2.45) is 5.10 Å². The summed E-state index contributed by atoms with van der Waals surface area (Å²) in [5.74, 6) is 1.44. The summed E-state index contributed by atoms with van der Waals surface area (Å²) in [5, 5.41) is 14.7. The molecular formula is C25H37N5O2. The molecule has 2 aliphatic rings. The van der Waals surface area contributed by atoms with Crippen molar-refractivity contribution in [1.82, 2.24) is 9.97 Å². The quantitative estimate of drug-likeness (QED) is 0.634. The average molecular weight is 440 g/mol. The van der Waals surface area contributed by atoms with Crippen molar-refractivity contribution in [1.29, 1.82) is 0 Å². The fourth-order valence-corrected chi connectivity index (χ4v) is 3.87. The summed E-state index contributed by atoms with van der Waals surface area (Å²) in [6.45, 7) is 11.6. The van der Waals surface area contributed by atoms with E-state index in [9.17, 15) is 5.11 Å². The first-order valence-corrected chi connectivity index (χ1v) is 11.8. The van der Waals surface area contributed by atoms with Gasteiger partial charge in [0.15, 0.2) is 5.82 Å². The smallest absolute Gasteiger partial charge is 0.320 e. The summed E-state index contributed by atoms with van der Waals surface area (Å²) < 4.78 is 5.70. The first-order chi connectivity index (χ1) is 15.4. The van der Waals surface area contributed by atoms with Crippen LogP contribution in [0.3, 0.4) is 0 Å². The van der Waals surface area contributed by atoms with Crippen molar-refractivity contribution in [3.8, 4) is 6.01 Å². The molecule has 7 nitrogen and oxygen atoms in total. The molecule has 32 heavy (non-hydrogen) atoms. The highest BCUT2D eigenvalue weighted by molar-refractivity contribution is 6.04. The first-order valence-electron chi connectivity index (χ1n) is 11.8. The Kier molecular flexibility index (Phi) is 8.07. The van der Waals surface area contributed by atoms with E-state index in [1.807, 2.05) is 19.9 Å². The van der Waals surface area contributed by atoms with Gasteiger partial charge >= 0.3 is 6.01 Å². The maximum Gasteiger partial charge on any atom is 0.320 e. The Hall–Kier alpha value is -2.67. The minimum absolute atomic E-state index is 0.122. The maximum atomic E-state index is 10.0. The molecule has 174 valence electrons. The lowest BCUT2D eigenvalue weighted by Crippen LogP contribution is -2.31. The number of fused-ring (bicyclic) bond motifs is 1. The van der Waals surface area contributed by atoms with Crippen molar-refractivity contribution in [3.63, 3.8) is 0 Å². The monoisotopic (exact) mass is 439 g/mol. The molecule has 0 saturated carbocycles. The van der Waals surface area contributed by atoms with Crippen molar-refractivity contribution >= 4 is 17.3 Å². The summed E-state index contributed by atoms with van der Waals surface area (Å²) in [5.41, 5.74) is 7.01. The minimum atomic E-state index is -0.955. The highest BCUT2D eigenvalue weighted by atomic mass is 16.5. The summed E-state index contributed by atoms with van der Waals surface area (Å²) in [4.78, 5) is 11.3. The predicted molar refractivity (Wildman–Crippen MR) is 131 cm³/mol. The topological polar surface area (TPSA) is 82.9 Å². The van der Waals surface area contributed by atoms with Crippen LogP contribution in [-0.2, 0) is 6.42 Å². The number of aryl methyl sites for hydroxylation is 2. The van der Waals surface area contributed by atoms with E-state index >= 15 is 0 Å². The maximum absolute atomic E-state index is 10.0. The number of hydrogen-bond acceptors (Lipinski definition) is 7. The lowest BCUT2D eigenvalue weighted by atomic mass is 10.1. The third-order valence-electron chi connectivity index (χ3n) is 5.44. The van der Waals surface area contributed by atoms with Gasteiger partial charge in [0.25, 0.3) is 0 Å². The van der Waals surface area contributed by atoms with Crippen LogP contribution in [0.25, 0.3) is 0 Å². The van der Waals surface area contributed by atoms with Crippen molar-refractivity contribution in [2.75, 3.05) is 30.0 Å². The van der Waals surface area contributed by atoms with Gasteiger partial charge in [-0.3, -0.25) is 5.43 Å². The summed E-state index contributed by atoms with van der Waals surface area (Å²) >= 11 is 0. The molecule has 1 fully saturated rings. The van der Waals surface area contributed by atoms with Gasteiger partial charge in [0, 0.05) is 24.7 Å². The van der Waals surface area contributed by atoms with Gasteiger partial charge < -0.3 is 14.7 Å². The third-order valence-corrected chi connectivity index (χ3v) is 5.44. The molecule has 2 aromatic rings. The average Bonchev–Trinajstić information content (AvgIpc) is 3.20. The molecule has 1 aliphatic heterocycles. The first kappa shape index (κ1) is 24.0. The van der Waals surface area contributed by atoms with E-state index < -0.39 is 5.60 Å². The van der Waals surface area contributed by atoms with Gasteiger partial charge in [-0.2, -0.15) is 15.1 Å². The van der Waals surface area contributed by atoms with Crippen LogP contribution < -0.4 is 15.1 Å². The van der Waals surface area contributed by atoms with Gasteiger partial charge in [0.1, 0.15) is 12.4 Å². The van der Waals surface area contributed by atoms with Gasteiger partial charge in [-0.1, -0.05) is 31.5 Å². The molecule has 7 heteroatoms. The number of benzene rings is 1. The molecule has 1 aliphatic carbocycles. The van der Waals surface area contributed by atoms with Gasteiger partial charge in [-0.05, 0) is 64.5 Å². The van der Waals surface area contributed by atoms with Crippen molar-refractivity contribution < 1.29 is 9.84 Å². The minimum Gasteiger partial charge on any atom is -0.460 e. The van der Waals surface area contributed by atoms with Crippen LogP contribution in [0.15, 0.2) is 29.4 Å². The van der Waals surface area contributed by atoms with Crippen LogP contribution in [0.2, 0.25) is 0 Å². The third kappa shape index (κ3) is 6.42. The van der Waals surface area contributed by atoms with Gasteiger partial charge in [-0.15, -0.1) is 0 Å². The van der Waals surface area contributed by atoms with E-state index in [4.69, 9.17) is 4.74 Å². The zero-order valence-corrected chi connectivity index (χ0v) is 20.1. The fraction of sp³-hybridized carbons (Fsp3) is 0.560. The number of aliphatic hydroxyl groups is 1. The van der Waals surface area contributed by atoms with Gasteiger partial charge in [0.2, 0.25) is 0 Å². The second-order valence-electron chi connectivity index (χ2n) is 8.87. The molecular weight excluding hydrogens is 402 g/mol. The Morgan fingerprint density at radius 2 is 1.84 bits per heavy atom. The second kappa shape index (κ2) is 10.8. The molecule has 1 aromatic carbocycles. The SMILES string of the molecule is CC.Cc1ccc2c(c1)/C(=N/Nc1cc(N3CCCCC3)nc(OCC(C)(C)O)n1)CC2. The lowest BCUT2D eigenvalue weighted by molar-refractivity contribution is 0.0251. The second-order valence-corrected chi connectivity index (χ2v) is 8.87. The van der Waals surface area contributed by atoms with Crippen LogP contribution in [0, 0.1) is 6.92 Å². The van der Waals surface area contributed by atoms with Crippen LogP contribution in [-0.4, -0.2) is 46.1 Å². The molecule has 0 unspecified atom stereocenters. The molecule has 4 rings (SSSR count). The van der Waals surface area contributed by atoms with Crippen molar-refractivity contribution in [2.45, 2.75) is 72.3 Å².